The quantitative estimate of drug-likeness (QED) is 0.595. The van der Waals surface area contributed by atoms with Gasteiger partial charge < -0.3 is 14.0 Å². The number of hydrogen-bond acceptors (Lipinski definition) is 5. The highest BCUT2D eigenvalue weighted by Crippen LogP contribution is 2.65. The highest BCUT2D eigenvalue weighted by Gasteiger charge is 2.76. The second-order valence-electron chi connectivity index (χ2n) is 6.55. The van der Waals surface area contributed by atoms with Crippen LogP contribution in [0.1, 0.15) is 33.6 Å². The largest absolute Gasteiger partial charge is 0.459 e. The molecule has 1 heterocycles. The van der Waals surface area contributed by atoms with Crippen LogP contribution in [-0.4, -0.2) is 44.3 Å². The van der Waals surface area contributed by atoms with E-state index in [1.165, 1.54) is 0 Å². The Balaban J connectivity index is 2.14. The molecular formula is C13H17F3O6S. The van der Waals surface area contributed by atoms with Crippen molar-refractivity contribution in [3.8, 4) is 0 Å². The van der Waals surface area contributed by atoms with Gasteiger partial charge in [0.1, 0.15) is 6.61 Å². The minimum Gasteiger partial charge on any atom is -0.459 e. The summed E-state index contributed by atoms with van der Waals surface area (Å²) in [4.78, 5) is 24.3. The summed E-state index contributed by atoms with van der Waals surface area (Å²) >= 11 is -3.74. The molecule has 0 amide bonds. The maximum Gasteiger partial charge on any atom is 0.378 e. The number of halogens is 3. The molecule has 2 fully saturated rings. The van der Waals surface area contributed by atoms with E-state index in [-0.39, 0.29) is 6.42 Å². The van der Waals surface area contributed by atoms with Crippen LogP contribution in [-0.2, 0) is 30.1 Å². The summed E-state index contributed by atoms with van der Waals surface area (Å²) < 4.78 is 67.9. The summed E-state index contributed by atoms with van der Waals surface area (Å²) in [5, 5.41) is -4.57. The van der Waals surface area contributed by atoms with Crippen LogP contribution in [0.15, 0.2) is 0 Å². The Morgan fingerprint density at radius 1 is 1.43 bits per heavy atom. The Hall–Kier alpha value is -1.16. The zero-order valence-corrected chi connectivity index (χ0v) is 13.5. The molecule has 2 bridgehead atoms. The SMILES string of the molecule is CC12CCC(C(=O)OCC(F)C(F)(F)S(=O)O)(OC1=O)C2(C)C. The molecule has 6 nitrogen and oxygen atoms in total. The normalized spacial score (nSPS) is 34.8. The Morgan fingerprint density at radius 3 is 2.39 bits per heavy atom. The summed E-state index contributed by atoms with van der Waals surface area (Å²) in [6.07, 6.45) is -2.66. The van der Waals surface area contributed by atoms with Gasteiger partial charge in [-0.05, 0) is 19.8 Å². The predicted molar refractivity (Wildman–Crippen MR) is 71.5 cm³/mol. The molecule has 23 heavy (non-hydrogen) atoms. The van der Waals surface area contributed by atoms with Gasteiger partial charge in [0.15, 0.2) is 0 Å². The van der Waals surface area contributed by atoms with E-state index >= 15 is 0 Å². The van der Waals surface area contributed by atoms with Crippen LogP contribution in [0.2, 0.25) is 0 Å². The topological polar surface area (TPSA) is 89.9 Å². The van der Waals surface area contributed by atoms with E-state index in [4.69, 9.17) is 9.29 Å². The van der Waals surface area contributed by atoms with Crippen LogP contribution in [0, 0.1) is 10.8 Å². The Bertz CT molecular complexity index is 580. The van der Waals surface area contributed by atoms with Crippen LogP contribution in [0.3, 0.4) is 0 Å². The number of fused-ring (bicyclic) bond motifs is 2. The van der Waals surface area contributed by atoms with Crippen molar-refractivity contribution in [1.82, 2.24) is 0 Å². The van der Waals surface area contributed by atoms with Gasteiger partial charge in [0, 0.05) is 5.41 Å². The third-order valence-electron chi connectivity index (χ3n) is 5.37. The number of hydrogen-bond donors (Lipinski definition) is 1. The lowest BCUT2D eigenvalue weighted by molar-refractivity contribution is -0.185. The number of carbonyl (C=O) groups excluding carboxylic acids is 2. The van der Waals surface area contributed by atoms with E-state index in [0.717, 1.165) is 0 Å². The van der Waals surface area contributed by atoms with Gasteiger partial charge in [-0.2, -0.15) is 8.78 Å². The third kappa shape index (κ3) is 2.21. The summed E-state index contributed by atoms with van der Waals surface area (Å²) in [6, 6.07) is 0. The highest BCUT2D eigenvalue weighted by atomic mass is 32.2. The monoisotopic (exact) mass is 358 g/mol. The average Bonchev–Trinajstić information content (AvgIpc) is 2.74. The van der Waals surface area contributed by atoms with E-state index in [1.54, 1.807) is 20.8 Å². The molecule has 0 aromatic rings. The lowest BCUT2D eigenvalue weighted by Gasteiger charge is -2.34. The van der Waals surface area contributed by atoms with Crippen LogP contribution in [0.25, 0.3) is 0 Å². The van der Waals surface area contributed by atoms with E-state index < -0.39 is 57.5 Å². The van der Waals surface area contributed by atoms with E-state index in [9.17, 15) is 27.0 Å². The predicted octanol–water partition coefficient (Wildman–Crippen LogP) is 1.80. The highest BCUT2D eigenvalue weighted by molar-refractivity contribution is 7.80. The van der Waals surface area contributed by atoms with Crippen LogP contribution in [0.4, 0.5) is 13.2 Å². The second kappa shape index (κ2) is 5.17. The molecule has 1 aliphatic carbocycles. The molecule has 4 atom stereocenters. The molecule has 2 aliphatic rings. The van der Waals surface area contributed by atoms with Crippen molar-refractivity contribution in [3.05, 3.63) is 0 Å². The molecule has 1 saturated carbocycles. The maximum atomic E-state index is 13.4. The van der Waals surface area contributed by atoms with Crippen molar-refractivity contribution in [3.63, 3.8) is 0 Å². The van der Waals surface area contributed by atoms with Crippen LogP contribution >= 0.6 is 0 Å². The number of carbonyl (C=O) groups is 2. The maximum absolute atomic E-state index is 13.4. The van der Waals surface area contributed by atoms with Crippen molar-refractivity contribution < 1.29 is 41.0 Å². The lowest BCUT2D eigenvalue weighted by atomic mass is 9.66. The van der Waals surface area contributed by atoms with E-state index in [2.05, 4.69) is 4.74 Å². The molecule has 4 unspecified atom stereocenters. The minimum atomic E-state index is -4.57. The van der Waals surface area contributed by atoms with Gasteiger partial charge in [0.2, 0.25) is 22.9 Å². The van der Waals surface area contributed by atoms with E-state index in [0.29, 0.717) is 6.42 Å². The molecule has 1 aliphatic heterocycles. The summed E-state index contributed by atoms with van der Waals surface area (Å²) in [5.74, 6) is -1.72. The van der Waals surface area contributed by atoms with Crippen LogP contribution in [0.5, 0.6) is 0 Å². The molecule has 132 valence electrons. The molecular weight excluding hydrogens is 341 g/mol. The number of rotatable bonds is 5. The first-order chi connectivity index (χ1) is 10.3. The average molecular weight is 358 g/mol. The van der Waals surface area contributed by atoms with Crippen LogP contribution < -0.4 is 0 Å². The molecule has 1 N–H and O–H groups in total. The van der Waals surface area contributed by atoms with Gasteiger partial charge in [0.05, 0.1) is 5.41 Å². The third-order valence-corrected chi connectivity index (χ3v) is 6.09. The molecule has 0 spiro atoms. The van der Waals surface area contributed by atoms with Gasteiger partial charge in [-0.1, -0.05) is 13.8 Å². The van der Waals surface area contributed by atoms with Crippen molar-refractivity contribution >= 4 is 23.0 Å². The number of alkyl halides is 3. The fourth-order valence-electron chi connectivity index (χ4n) is 3.17. The smallest absolute Gasteiger partial charge is 0.378 e. The Labute approximate surface area is 133 Å². The minimum absolute atomic E-state index is 0.139. The van der Waals surface area contributed by atoms with E-state index in [1.807, 2.05) is 0 Å². The second-order valence-corrected chi connectivity index (χ2v) is 7.59. The Morgan fingerprint density at radius 2 is 2.00 bits per heavy atom. The zero-order chi connectivity index (χ0) is 17.8. The fraction of sp³-hybridized carbons (Fsp3) is 0.846. The van der Waals surface area contributed by atoms with Gasteiger partial charge >= 0.3 is 17.2 Å². The fourth-order valence-corrected chi connectivity index (χ4v) is 3.46. The molecule has 2 rings (SSSR count). The van der Waals surface area contributed by atoms with Gasteiger partial charge in [-0.15, -0.1) is 0 Å². The molecule has 1 saturated heterocycles. The summed E-state index contributed by atoms with van der Waals surface area (Å²) in [6.45, 7) is 3.47. The first-order valence-electron chi connectivity index (χ1n) is 6.86. The molecule has 0 radical (unpaired) electrons. The molecule has 10 heteroatoms. The van der Waals surface area contributed by atoms with Gasteiger partial charge in [0.25, 0.3) is 0 Å². The first kappa shape index (κ1) is 18.2. The van der Waals surface area contributed by atoms with Crippen molar-refractivity contribution in [1.29, 1.82) is 0 Å². The van der Waals surface area contributed by atoms with Crippen molar-refractivity contribution in [2.45, 2.75) is 50.6 Å². The molecule has 0 aromatic carbocycles. The molecule has 0 aromatic heterocycles. The lowest BCUT2D eigenvalue weighted by Crippen LogP contribution is -2.50. The van der Waals surface area contributed by atoms with Crippen molar-refractivity contribution in [2.24, 2.45) is 10.8 Å². The van der Waals surface area contributed by atoms with Gasteiger partial charge in [-0.25, -0.2) is 13.4 Å². The Kier molecular flexibility index (Phi) is 4.09. The number of esters is 2. The van der Waals surface area contributed by atoms with Gasteiger partial charge in [-0.3, -0.25) is 4.79 Å². The number of ether oxygens (including phenoxy) is 2. The first-order valence-corrected chi connectivity index (χ1v) is 7.97. The summed E-state index contributed by atoms with van der Waals surface area (Å²) in [5.41, 5.74) is -3.54. The zero-order valence-electron chi connectivity index (χ0n) is 12.7. The standard InChI is InChI=1S/C13H17F3O6S/c1-10(2)11(3)4-5-12(10,22-8(11)17)9(18)21-6-7(14)13(15,16)23(19)20/h7H,4-6H2,1-3H3,(H,19,20). The van der Waals surface area contributed by atoms with Crippen molar-refractivity contribution in [2.75, 3.05) is 6.61 Å². The summed E-state index contributed by atoms with van der Waals surface area (Å²) in [7, 11) is 0.